The van der Waals surface area contributed by atoms with Gasteiger partial charge in [0.25, 0.3) is 0 Å². The summed E-state index contributed by atoms with van der Waals surface area (Å²) < 4.78 is 25.3. The van der Waals surface area contributed by atoms with Gasteiger partial charge in [-0.15, -0.1) is 0 Å². The van der Waals surface area contributed by atoms with Crippen molar-refractivity contribution in [2.24, 2.45) is 0 Å². The Balaban J connectivity index is 3.13. The Bertz CT molecular complexity index is 582. The second-order valence-corrected chi connectivity index (χ2v) is 7.24. The van der Waals surface area contributed by atoms with Crippen molar-refractivity contribution in [2.45, 2.75) is 33.1 Å². The van der Waals surface area contributed by atoms with Gasteiger partial charge in [0.05, 0.1) is 11.9 Å². The Morgan fingerprint density at radius 3 is 2.43 bits per heavy atom. The van der Waals surface area contributed by atoms with Gasteiger partial charge in [0.15, 0.2) is 0 Å². The van der Waals surface area contributed by atoms with Crippen molar-refractivity contribution < 1.29 is 13.2 Å². The van der Waals surface area contributed by atoms with Crippen molar-refractivity contribution >= 4 is 21.6 Å². The van der Waals surface area contributed by atoms with E-state index in [1.165, 1.54) is 4.31 Å². The van der Waals surface area contributed by atoms with E-state index in [0.29, 0.717) is 12.2 Å². The van der Waals surface area contributed by atoms with Crippen molar-refractivity contribution in [1.29, 1.82) is 0 Å². The number of carbonyl (C=O) groups excluding carboxylic acids is 1. The lowest BCUT2D eigenvalue weighted by Crippen LogP contribution is -2.41. The van der Waals surface area contributed by atoms with Gasteiger partial charge in [-0.1, -0.05) is 39.0 Å². The first-order chi connectivity index (χ1) is 9.77. The number of nitrogens with one attached hydrogen (secondary N) is 1. The highest BCUT2D eigenvalue weighted by Crippen LogP contribution is 2.28. The van der Waals surface area contributed by atoms with E-state index in [1.54, 1.807) is 12.1 Å². The molecule has 118 valence electrons. The normalized spacial score (nSPS) is 11.5. The summed E-state index contributed by atoms with van der Waals surface area (Å²) in [5, 5.41) is 2.71. The van der Waals surface area contributed by atoms with Crippen LogP contribution >= 0.6 is 0 Å². The standard InChI is InChI=1S/C15H24N2O3S/c1-5-10-16-15(18)11-17(21(4,19)20)14-9-7-6-8-13(14)12(2)3/h6-9,12H,5,10-11H2,1-4H3,(H,16,18). The highest BCUT2D eigenvalue weighted by molar-refractivity contribution is 7.92. The van der Waals surface area contributed by atoms with Gasteiger partial charge in [-0.05, 0) is 24.0 Å². The molecular formula is C15H24N2O3S. The van der Waals surface area contributed by atoms with E-state index in [-0.39, 0.29) is 18.4 Å². The molecule has 0 heterocycles. The Labute approximate surface area is 127 Å². The van der Waals surface area contributed by atoms with Crippen molar-refractivity contribution in [1.82, 2.24) is 5.32 Å². The largest absolute Gasteiger partial charge is 0.355 e. The quantitative estimate of drug-likeness (QED) is 0.838. The van der Waals surface area contributed by atoms with E-state index in [0.717, 1.165) is 18.2 Å². The summed E-state index contributed by atoms with van der Waals surface area (Å²) in [5.41, 5.74) is 1.48. The van der Waals surface area contributed by atoms with Gasteiger partial charge in [-0.2, -0.15) is 0 Å². The van der Waals surface area contributed by atoms with Gasteiger partial charge in [0.1, 0.15) is 6.54 Å². The zero-order chi connectivity index (χ0) is 16.0. The third-order valence-electron chi connectivity index (χ3n) is 3.09. The molecule has 0 spiro atoms. The molecule has 1 rings (SSSR count). The van der Waals surface area contributed by atoms with E-state index in [9.17, 15) is 13.2 Å². The average Bonchev–Trinajstić information content (AvgIpc) is 2.41. The molecule has 0 saturated carbocycles. The number of hydrogen-bond donors (Lipinski definition) is 1. The fraction of sp³-hybridized carbons (Fsp3) is 0.533. The highest BCUT2D eigenvalue weighted by atomic mass is 32.2. The zero-order valence-electron chi connectivity index (χ0n) is 13.1. The van der Waals surface area contributed by atoms with E-state index in [1.807, 2.05) is 32.9 Å². The fourth-order valence-corrected chi connectivity index (χ4v) is 2.91. The lowest BCUT2D eigenvalue weighted by molar-refractivity contribution is -0.119. The molecule has 21 heavy (non-hydrogen) atoms. The first-order valence-electron chi connectivity index (χ1n) is 7.10. The van der Waals surface area contributed by atoms with Gasteiger partial charge in [-0.25, -0.2) is 8.42 Å². The molecular weight excluding hydrogens is 288 g/mol. The van der Waals surface area contributed by atoms with Gasteiger partial charge in [0, 0.05) is 6.54 Å². The highest BCUT2D eigenvalue weighted by Gasteiger charge is 2.23. The van der Waals surface area contributed by atoms with Crippen LogP contribution in [0.4, 0.5) is 5.69 Å². The molecule has 0 aliphatic carbocycles. The van der Waals surface area contributed by atoms with Crippen LogP contribution in [0.15, 0.2) is 24.3 Å². The Kier molecular flexibility index (Phi) is 6.20. The SMILES string of the molecule is CCCNC(=O)CN(c1ccccc1C(C)C)S(C)(=O)=O. The van der Waals surface area contributed by atoms with Crippen LogP contribution in [0.1, 0.15) is 38.7 Å². The summed E-state index contributed by atoms with van der Waals surface area (Å²) in [6.45, 7) is 6.29. The first-order valence-corrected chi connectivity index (χ1v) is 8.95. The van der Waals surface area contributed by atoms with Crippen LogP contribution in [-0.2, 0) is 14.8 Å². The topological polar surface area (TPSA) is 66.5 Å². The summed E-state index contributed by atoms with van der Waals surface area (Å²) in [6.07, 6.45) is 1.93. The number of para-hydroxylation sites is 1. The third-order valence-corrected chi connectivity index (χ3v) is 4.21. The third kappa shape index (κ3) is 5.04. The summed E-state index contributed by atoms with van der Waals surface area (Å²) in [5.74, 6) is -0.120. The van der Waals surface area contributed by atoms with E-state index in [2.05, 4.69) is 5.32 Å². The summed E-state index contributed by atoms with van der Waals surface area (Å²) in [7, 11) is -3.52. The van der Waals surface area contributed by atoms with Crippen LogP contribution < -0.4 is 9.62 Å². The molecule has 1 N–H and O–H groups in total. The predicted molar refractivity (Wildman–Crippen MR) is 86.0 cm³/mol. The van der Waals surface area contributed by atoms with Crippen molar-refractivity contribution in [3.63, 3.8) is 0 Å². The lowest BCUT2D eigenvalue weighted by atomic mass is 10.0. The number of anilines is 1. The minimum Gasteiger partial charge on any atom is -0.355 e. The molecule has 0 atom stereocenters. The summed E-state index contributed by atoms with van der Waals surface area (Å²) in [6, 6.07) is 7.28. The molecule has 1 aromatic carbocycles. The van der Waals surface area contributed by atoms with Gasteiger partial charge >= 0.3 is 0 Å². The van der Waals surface area contributed by atoms with Gasteiger partial charge < -0.3 is 5.32 Å². The number of benzene rings is 1. The molecule has 6 heteroatoms. The minimum absolute atomic E-state index is 0.171. The first kappa shape index (κ1) is 17.5. The number of rotatable bonds is 7. The average molecular weight is 312 g/mol. The van der Waals surface area contributed by atoms with E-state index >= 15 is 0 Å². The van der Waals surface area contributed by atoms with E-state index in [4.69, 9.17) is 0 Å². The number of amides is 1. The molecule has 0 aliphatic rings. The molecule has 0 aromatic heterocycles. The maximum atomic E-state index is 12.1. The van der Waals surface area contributed by atoms with Crippen LogP contribution in [-0.4, -0.2) is 33.7 Å². The predicted octanol–water partition coefficient (Wildman–Crippen LogP) is 2.10. The Morgan fingerprint density at radius 1 is 1.29 bits per heavy atom. The van der Waals surface area contributed by atoms with Crippen LogP contribution in [0.25, 0.3) is 0 Å². The molecule has 1 amide bonds. The maximum Gasteiger partial charge on any atom is 0.240 e. The maximum absolute atomic E-state index is 12.1. The number of hydrogen-bond acceptors (Lipinski definition) is 3. The molecule has 0 saturated heterocycles. The molecule has 1 aromatic rings. The number of nitrogens with zero attached hydrogens (tertiary/aromatic N) is 1. The number of carbonyl (C=O) groups is 1. The molecule has 0 radical (unpaired) electrons. The van der Waals surface area contributed by atoms with Crippen molar-refractivity contribution in [3.05, 3.63) is 29.8 Å². The van der Waals surface area contributed by atoms with Crippen LogP contribution in [0.2, 0.25) is 0 Å². The molecule has 0 bridgehead atoms. The van der Waals surface area contributed by atoms with Gasteiger partial charge in [0.2, 0.25) is 15.9 Å². The van der Waals surface area contributed by atoms with Crippen LogP contribution in [0.5, 0.6) is 0 Å². The monoisotopic (exact) mass is 312 g/mol. The van der Waals surface area contributed by atoms with Crippen molar-refractivity contribution in [2.75, 3.05) is 23.7 Å². The van der Waals surface area contributed by atoms with Crippen molar-refractivity contribution in [3.8, 4) is 0 Å². The van der Waals surface area contributed by atoms with Crippen LogP contribution in [0, 0.1) is 0 Å². The molecule has 0 fully saturated rings. The zero-order valence-corrected chi connectivity index (χ0v) is 13.9. The lowest BCUT2D eigenvalue weighted by Gasteiger charge is -2.25. The summed E-state index contributed by atoms with van der Waals surface area (Å²) in [4.78, 5) is 11.9. The Morgan fingerprint density at radius 2 is 1.90 bits per heavy atom. The molecule has 0 unspecified atom stereocenters. The molecule has 0 aliphatic heterocycles. The fourth-order valence-electron chi connectivity index (χ4n) is 2.03. The molecule has 5 nitrogen and oxygen atoms in total. The minimum atomic E-state index is -3.52. The Hall–Kier alpha value is -1.56. The summed E-state index contributed by atoms with van der Waals surface area (Å²) >= 11 is 0. The number of sulfonamides is 1. The smallest absolute Gasteiger partial charge is 0.240 e. The van der Waals surface area contributed by atoms with E-state index < -0.39 is 10.0 Å². The van der Waals surface area contributed by atoms with Crippen LogP contribution in [0.3, 0.4) is 0 Å². The second-order valence-electron chi connectivity index (χ2n) is 5.33. The van der Waals surface area contributed by atoms with Gasteiger partial charge in [-0.3, -0.25) is 9.10 Å². The second kappa shape index (κ2) is 7.45.